The lowest BCUT2D eigenvalue weighted by molar-refractivity contribution is -0.114. The topological polar surface area (TPSA) is 41.8 Å². The third-order valence-corrected chi connectivity index (χ3v) is 3.09. The number of carbonyl (C=O) groups excluding carboxylic acids is 1. The molecule has 3 nitrogen and oxygen atoms in total. The Balaban J connectivity index is 1.97. The lowest BCUT2D eigenvalue weighted by Crippen LogP contribution is -1.99. The molecule has 0 spiro atoms. The molecule has 0 radical (unpaired) electrons. The summed E-state index contributed by atoms with van der Waals surface area (Å²) in [5.74, 6) is -0.276. The maximum atomic E-state index is 10.9. The Morgan fingerprint density at radius 3 is 2.56 bits per heavy atom. The zero-order valence-corrected chi connectivity index (χ0v) is 10.7. The Labute approximate surface area is 108 Å². The number of nitrogens with zero attached hydrogens (tertiary/aromatic N) is 2. The van der Waals surface area contributed by atoms with E-state index in [9.17, 15) is 4.79 Å². The normalized spacial score (nSPS) is 18.3. The molecule has 94 valence electrons. The van der Waals surface area contributed by atoms with E-state index in [4.69, 9.17) is 0 Å². The van der Waals surface area contributed by atoms with E-state index < -0.39 is 0 Å². The maximum Gasteiger partial charge on any atom is 0.287 e. The van der Waals surface area contributed by atoms with Crippen LogP contribution in [0.3, 0.4) is 0 Å². The third-order valence-electron chi connectivity index (χ3n) is 3.09. The summed E-state index contributed by atoms with van der Waals surface area (Å²) in [5, 5.41) is 7.54. The Morgan fingerprint density at radius 2 is 1.94 bits per heavy atom. The number of rotatable bonds is 5. The highest BCUT2D eigenvalue weighted by Crippen LogP contribution is 2.22. The van der Waals surface area contributed by atoms with Crippen molar-refractivity contribution in [3.05, 3.63) is 47.5 Å². The average Bonchev–Trinajstić information content (AvgIpc) is 2.41. The Morgan fingerprint density at radius 1 is 1.17 bits per heavy atom. The first-order chi connectivity index (χ1) is 8.79. The first-order valence-corrected chi connectivity index (χ1v) is 6.51. The number of aryl methyl sites for hydroxylation is 1. The van der Waals surface area contributed by atoms with Gasteiger partial charge in [0.1, 0.15) is 6.04 Å². The van der Waals surface area contributed by atoms with Crippen molar-refractivity contribution in [1.82, 2.24) is 0 Å². The second-order valence-corrected chi connectivity index (χ2v) is 4.56. The second-order valence-electron chi connectivity index (χ2n) is 4.56. The molecule has 1 heterocycles. The lowest BCUT2D eigenvalue weighted by Gasteiger charge is -2.10. The molecule has 1 atom stereocenters. The predicted molar refractivity (Wildman–Crippen MR) is 71.4 cm³/mol. The molecule has 1 unspecified atom stereocenters. The monoisotopic (exact) mass is 242 g/mol. The number of hydrogen-bond acceptors (Lipinski definition) is 2. The number of unbranched alkanes of at least 4 members (excludes halogenated alkanes) is 2. The van der Waals surface area contributed by atoms with Crippen LogP contribution in [0.5, 0.6) is 0 Å². The minimum atomic E-state index is -0.276. The van der Waals surface area contributed by atoms with Gasteiger partial charge in [-0.05, 0) is 30.0 Å². The molecule has 1 amide bonds. The van der Waals surface area contributed by atoms with E-state index in [2.05, 4.69) is 41.4 Å². The van der Waals surface area contributed by atoms with Gasteiger partial charge in [-0.2, -0.15) is 5.11 Å². The standard InChI is InChI=1S/C15H18N2O/c1-2-3-4-5-12-6-8-13(9-7-12)14-10-11-15(18)17-16-14/h6-11,14H,2-5H2,1H3. The maximum absolute atomic E-state index is 10.9. The SMILES string of the molecule is CCCCCc1ccc(C2C=CC(=O)N=N2)cc1. The van der Waals surface area contributed by atoms with Crippen LogP contribution in [0.1, 0.15) is 43.4 Å². The van der Waals surface area contributed by atoms with Gasteiger partial charge in [-0.3, -0.25) is 4.79 Å². The van der Waals surface area contributed by atoms with Gasteiger partial charge in [-0.15, -0.1) is 5.11 Å². The fourth-order valence-corrected chi connectivity index (χ4v) is 2.00. The molecular formula is C15H18N2O. The summed E-state index contributed by atoms with van der Waals surface area (Å²) < 4.78 is 0. The molecule has 3 heteroatoms. The summed E-state index contributed by atoms with van der Waals surface area (Å²) in [6, 6.07) is 8.33. The highest BCUT2D eigenvalue weighted by molar-refractivity contribution is 5.88. The predicted octanol–water partition coefficient (Wildman–Crippen LogP) is 4.01. The fraction of sp³-hybridized carbons (Fsp3) is 0.400. The van der Waals surface area contributed by atoms with Crippen molar-refractivity contribution in [1.29, 1.82) is 0 Å². The van der Waals surface area contributed by atoms with Crippen LogP contribution in [0, 0.1) is 0 Å². The first-order valence-electron chi connectivity index (χ1n) is 6.51. The van der Waals surface area contributed by atoms with E-state index in [0.29, 0.717) is 0 Å². The van der Waals surface area contributed by atoms with Gasteiger partial charge in [-0.25, -0.2) is 0 Å². The quantitative estimate of drug-likeness (QED) is 0.719. The molecule has 1 aliphatic heterocycles. The van der Waals surface area contributed by atoms with Crippen molar-refractivity contribution in [3.8, 4) is 0 Å². The fourth-order valence-electron chi connectivity index (χ4n) is 2.00. The largest absolute Gasteiger partial charge is 0.287 e. The molecule has 0 N–H and O–H groups in total. The molecule has 1 aromatic carbocycles. The number of amides is 1. The molecule has 1 aromatic rings. The van der Waals surface area contributed by atoms with Crippen molar-refractivity contribution in [2.45, 2.75) is 38.6 Å². The van der Waals surface area contributed by atoms with Gasteiger partial charge < -0.3 is 0 Å². The van der Waals surface area contributed by atoms with Crippen LogP contribution in [-0.2, 0) is 11.2 Å². The van der Waals surface area contributed by atoms with E-state index in [1.165, 1.54) is 30.9 Å². The summed E-state index contributed by atoms with van der Waals surface area (Å²) in [7, 11) is 0. The van der Waals surface area contributed by atoms with E-state index >= 15 is 0 Å². The smallest absolute Gasteiger partial charge is 0.266 e. The van der Waals surface area contributed by atoms with Crippen molar-refractivity contribution in [3.63, 3.8) is 0 Å². The molecule has 0 aromatic heterocycles. The summed E-state index contributed by atoms with van der Waals surface area (Å²) in [5.41, 5.74) is 2.45. The van der Waals surface area contributed by atoms with Crippen LogP contribution in [-0.4, -0.2) is 5.91 Å². The molecule has 0 saturated carbocycles. The highest BCUT2D eigenvalue weighted by atomic mass is 16.1. The van der Waals surface area contributed by atoms with Crippen LogP contribution in [0.15, 0.2) is 46.6 Å². The zero-order valence-electron chi connectivity index (χ0n) is 10.7. The van der Waals surface area contributed by atoms with E-state index in [1.807, 2.05) is 0 Å². The van der Waals surface area contributed by atoms with Crippen LogP contribution in [0.4, 0.5) is 0 Å². The van der Waals surface area contributed by atoms with Crippen molar-refractivity contribution < 1.29 is 4.79 Å². The zero-order chi connectivity index (χ0) is 12.8. The van der Waals surface area contributed by atoms with Gasteiger partial charge in [0, 0.05) is 6.08 Å². The van der Waals surface area contributed by atoms with Crippen molar-refractivity contribution >= 4 is 5.91 Å². The summed E-state index contributed by atoms with van der Waals surface area (Å²) in [4.78, 5) is 10.9. The summed E-state index contributed by atoms with van der Waals surface area (Å²) >= 11 is 0. The van der Waals surface area contributed by atoms with Gasteiger partial charge in [0.25, 0.3) is 5.91 Å². The van der Waals surface area contributed by atoms with E-state index in [-0.39, 0.29) is 11.9 Å². The van der Waals surface area contributed by atoms with Crippen LogP contribution in [0.2, 0.25) is 0 Å². The second kappa shape index (κ2) is 6.24. The molecule has 18 heavy (non-hydrogen) atoms. The van der Waals surface area contributed by atoms with Gasteiger partial charge >= 0.3 is 0 Å². The van der Waals surface area contributed by atoms with Crippen LogP contribution >= 0.6 is 0 Å². The molecule has 0 aliphatic carbocycles. The Kier molecular flexibility index (Phi) is 4.40. The average molecular weight is 242 g/mol. The number of azo groups is 1. The summed E-state index contributed by atoms with van der Waals surface area (Å²) in [6.45, 7) is 2.21. The van der Waals surface area contributed by atoms with Gasteiger partial charge in [0.15, 0.2) is 0 Å². The van der Waals surface area contributed by atoms with E-state index in [0.717, 1.165) is 12.0 Å². The molecule has 0 fully saturated rings. The lowest BCUT2D eigenvalue weighted by atomic mass is 10.0. The highest BCUT2D eigenvalue weighted by Gasteiger charge is 2.11. The molecule has 0 saturated heterocycles. The number of carbonyl (C=O) groups is 1. The Bertz CT molecular complexity index is 444. The number of hydrogen-bond donors (Lipinski definition) is 0. The van der Waals surface area contributed by atoms with Crippen molar-refractivity contribution in [2.24, 2.45) is 10.2 Å². The third kappa shape index (κ3) is 3.36. The Hall–Kier alpha value is -1.77. The summed E-state index contributed by atoms with van der Waals surface area (Å²) in [6.07, 6.45) is 8.18. The minimum Gasteiger partial charge on any atom is -0.266 e. The minimum absolute atomic E-state index is 0.104. The molecule has 2 rings (SSSR count). The van der Waals surface area contributed by atoms with Crippen LogP contribution < -0.4 is 0 Å². The van der Waals surface area contributed by atoms with Gasteiger partial charge in [0.05, 0.1) is 0 Å². The van der Waals surface area contributed by atoms with Gasteiger partial charge in [-0.1, -0.05) is 44.0 Å². The molecule has 1 aliphatic rings. The van der Waals surface area contributed by atoms with E-state index in [1.54, 1.807) is 6.08 Å². The van der Waals surface area contributed by atoms with Gasteiger partial charge in [0.2, 0.25) is 0 Å². The van der Waals surface area contributed by atoms with Crippen molar-refractivity contribution in [2.75, 3.05) is 0 Å². The molecule has 0 bridgehead atoms. The first kappa shape index (κ1) is 12.7. The van der Waals surface area contributed by atoms with Crippen LogP contribution in [0.25, 0.3) is 0 Å². The molecular weight excluding hydrogens is 224 g/mol. The number of benzene rings is 1.